The van der Waals surface area contributed by atoms with E-state index in [-0.39, 0.29) is 0 Å². The Morgan fingerprint density at radius 3 is 2.88 bits per heavy atom. The molecule has 2 aromatic heterocycles. The number of benzene rings is 1. The van der Waals surface area contributed by atoms with Gasteiger partial charge in [-0.1, -0.05) is 5.16 Å². The van der Waals surface area contributed by atoms with Crippen molar-refractivity contribution in [1.29, 1.82) is 0 Å². The molecule has 3 rings (SSSR count). The van der Waals surface area contributed by atoms with Crippen LogP contribution >= 0.6 is 0 Å². The lowest BCUT2D eigenvalue weighted by molar-refractivity contribution is 0.430. The van der Waals surface area contributed by atoms with E-state index in [1.165, 1.54) is 6.33 Å². The van der Waals surface area contributed by atoms with Gasteiger partial charge < -0.3 is 4.52 Å². The fourth-order valence-corrected chi connectivity index (χ4v) is 1.90. The summed E-state index contributed by atoms with van der Waals surface area (Å²) in [6.07, 6.45) is 3.26. The molecule has 0 fully saturated rings. The van der Waals surface area contributed by atoms with Crippen LogP contribution in [0.25, 0.3) is 22.4 Å². The molecule has 0 saturated carbocycles. The third kappa shape index (κ3) is 1.60. The van der Waals surface area contributed by atoms with Crippen LogP contribution in [0, 0.1) is 0 Å². The van der Waals surface area contributed by atoms with Gasteiger partial charge in [0.15, 0.2) is 6.33 Å². The van der Waals surface area contributed by atoms with Gasteiger partial charge in [-0.3, -0.25) is 4.68 Å². The number of nitrogens with zero attached hydrogens (tertiary/aromatic N) is 4. The molecule has 2 heterocycles. The third-order valence-electron chi connectivity index (χ3n) is 2.69. The molecule has 0 radical (unpaired) electrons. The van der Waals surface area contributed by atoms with Gasteiger partial charge in [0.05, 0.1) is 11.7 Å². The summed E-state index contributed by atoms with van der Waals surface area (Å²) in [6.45, 7) is 4.22. The highest BCUT2D eigenvalue weighted by molar-refractivity contribution is 5.83. The Balaban J connectivity index is 2.15. The average molecular weight is 228 g/mol. The van der Waals surface area contributed by atoms with Crippen LogP contribution in [0.5, 0.6) is 0 Å². The van der Waals surface area contributed by atoms with Crippen LogP contribution in [-0.4, -0.2) is 19.9 Å². The smallest absolute Gasteiger partial charge is 0.257 e. The van der Waals surface area contributed by atoms with E-state index in [2.05, 4.69) is 29.1 Å². The monoisotopic (exact) mass is 228 g/mol. The van der Waals surface area contributed by atoms with Gasteiger partial charge >= 0.3 is 0 Å². The summed E-state index contributed by atoms with van der Waals surface area (Å²) in [4.78, 5) is 4.03. The first kappa shape index (κ1) is 10.0. The zero-order valence-corrected chi connectivity index (χ0v) is 9.66. The Morgan fingerprint density at radius 1 is 1.29 bits per heavy atom. The maximum Gasteiger partial charge on any atom is 0.257 e. The Hall–Kier alpha value is -2.17. The maximum absolute atomic E-state index is 5.03. The third-order valence-corrected chi connectivity index (χ3v) is 2.69. The van der Waals surface area contributed by atoms with E-state index in [1.807, 2.05) is 29.1 Å². The normalized spacial score (nSPS) is 11.5. The second-order valence-corrected chi connectivity index (χ2v) is 4.20. The molecule has 0 N–H and O–H groups in total. The summed E-state index contributed by atoms with van der Waals surface area (Å²) >= 11 is 0. The Labute approximate surface area is 98.1 Å². The summed E-state index contributed by atoms with van der Waals surface area (Å²) in [6, 6.07) is 6.36. The van der Waals surface area contributed by atoms with Gasteiger partial charge in [-0.25, -0.2) is 0 Å². The molecule has 3 aromatic rings. The van der Waals surface area contributed by atoms with Crippen molar-refractivity contribution in [2.75, 3.05) is 0 Å². The van der Waals surface area contributed by atoms with Gasteiger partial charge in [0, 0.05) is 17.0 Å². The van der Waals surface area contributed by atoms with Crippen molar-refractivity contribution in [3.63, 3.8) is 0 Å². The average Bonchev–Trinajstić information content (AvgIpc) is 2.97. The zero-order valence-electron chi connectivity index (χ0n) is 9.66. The van der Waals surface area contributed by atoms with E-state index < -0.39 is 0 Å². The van der Waals surface area contributed by atoms with E-state index in [1.54, 1.807) is 0 Å². The van der Waals surface area contributed by atoms with Crippen molar-refractivity contribution in [3.8, 4) is 11.5 Å². The predicted molar refractivity (Wildman–Crippen MR) is 63.4 cm³/mol. The molecule has 86 valence electrons. The lowest BCUT2D eigenvalue weighted by Crippen LogP contribution is -2.01. The van der Waals surface area contributed by atoms with Crippen LogP contribution in [0.2, 0.25) is 0 Å². The molecule has 0 aliphatic heterocycles. The van der Waals surface area contributed by atoms with Gasteiger partial charge in [-0.15, -0.1) is 0 Å². The minimum absolute atomic E-state index is 0.349. The van der Waals surface area contributed by atoms with Crippen LogP contribution in [-0.2, 0) is 0 Å². The van der Waals surface area contributed by atoms with Crippen LogP contribution in [0.1, 0.15) is 19.9 Å². The van der Waals surface area contributed by atoms with E-state index in [4.69, 9.17) is 4.52 Å². The molecule has 5 heteroatoms. The van der Waals surface area contributed by atoms with Crippen LogP contribution < -0.4 is 0 Å². The molecule has 0 unspecified atom stereocenters. The molecular formula is C12H12N4O. The van der Waals surface area contributed by atoms with Crippen LogP contribution in [0.15, 0.2) is 35.2 Å². The SMILES string of the molecule is CC(C)n1ncc2cc(-c3ncno3)ccc21. The minimum Gasteiger partial charge on any atom is -0.334 e. The second kappa shape index (κ2) is 3.69. The van der Waals surface area contributed by atoms with Crippen LogP contribution in [0.4, 0.5) is 0 Å². The molecule has 0 atom stereocenters. The number of aromatic nitrogens is 4. The van der Waals surface area contributed by atoms with Crippen molar-refractivity contribution in [3.05, 3.63) is 30.7 Å². The van der Waals surface area contributed by atoms with E-state index >= 15 is 0 Å². The number of hydrogen-bond donors (Lipinski definition) is 0. The summed E-state index contributed by atoms with van der Waals surface area (Å²) in [7, 11) is 0. The van der Waals surface area contributed by atoms with Crippen molar-refractivity contribution < 1.29 is 4.52 Å². The van der Waals surface area contributed by atoms with Crippen molar-refractivity contribution in [2.45, 2.75) is 19.9 Å². The standard InChI is InChI=1S/C12H12N4O/c1-8(2)16-11-4-3-9(5-10(11)6-14-16)12-13-7-15-17-12/h3-8H,1-2H3. The lowest BCUT2D eigenvalue weighted by Gasteiger charge is -2.06. The van der Waals surface area contributed by atoms with Gasteiger partial charge in [0.1, 0.15) is 0 Å². The molecule has 1 aromatic carbocycles. The Bertz CT molecular complexity index is 640. The Kier molecular flexibility index (Phi) is 2.18. The fourth-order valence-electron chi connectivity index (χ4n) is 1.90. The molecule has 0 amide bonds. The molecule has 0 aliphatic rings. The van der Waals surface area contributed by atoms with Crippen LogP contribution in [0.3, 0.4) is 0 Å². The summed E-state index contributed by atoms with van der Waals surface area (Å²) in [5.41, 5.74) is 2.03. The molecule has 0 saturated heterocycles. The summed E-state index contributed by atoms with van der Waals surface area (Å²) < 4.78 is 7.03. The number of fused-ring (bicyclic) bond motifs is 1. The highest BCUT2D eigenvalue weighted by Crippen LogP contribution is 2.24. The number of hydrogen-bond acceptors (Lipinski definition) is 4. The Morgan fingerprint density at radius 2 is 2.18 bits per heavy atom. The summed E-state index contributed by atoms with van der Waals surface area (Å²) in [5.74, 6) is 0.532. The minimum atomic E-state index is 0.349. The predicted octanol–water partition coefficient (Wildman–Crippen LogP) is 2.67. The van der Waals surface area contributed by atoms with E-state index in [9.17, 15) is 0 Å². The van der Waals surface area contributed by atoms with Crippen molar-refractivity contribution in [1.82, 2.24) is 19.9 Å². The van der Waals surface area contributed by atoms with Gasteiger partial charge in [-0.05, 0) is 32.0 Å². The lowest BCUT2D eigenvalue weighted by atomic mass is 10.1. The fraction of sp³-hybridized carbons (Fsp3) is 0.250. The summed E-state index contributed by atoms with van der Waals surface area (Å²) in [5, 5.41) is 9.05. The van der Waals surface area contributed by atoms with Gasteiger partial charge in [0.25, 0.3) is 5.89 Å². The van der Waals surface area contributed by atoms with Crippen molar-refractivity contribution in [2.24, 2.45) is 0 Å². The molecule has 0 aliphatic carbocycles. The molecule has 0 spiro atoms. The van der Waals surface area contributed by atoms with Gasteiger partial charge in [-0.2, -0.15) is 10.1 Å². The van der Waals surface area contributed by atoms with Gasteiger partial charge in [0.2, 0.25) is 0 Å². The number of rotatable bonds is 2. The molecule has 5 nitrogen and oxygen atoms in total. The largest absolute Gasteiger partial charge is 0.334 e. The second-order valence-electron chi connectivity index (χ2n) is 4.20. The topological polar surface area (TPSA) is 56.7 Å². The van der Waals surface area contributed by atoms with Crippen molar-refractivity contribution >= 4 is 10.9 Å². The highest BCUT2D eigenvalue weighted by Gasteiger charge is 2.09. The highest BCUT2D eigenvalue weighted by atomic mass is 16.5. The quantitative estimate of drug-likeness (QED) is 0.676. The first-order chi connectivity index (χ1) is 8.25. The molecule has 0 bridgehead atoms. The zero-order chi connectivity index (χ0) is 11.8. The van der Waals surface area contributed by atoms with E-state index in [0.717, 1.165) is 16.5 Å². The first-order valence-corrected chi connectivity index (χ1v) is 5.50. The molecule has 17 heavy (non-hydrogen) atoms. The molecular weight excluding hydrogens is 216 g/mol. The maximum atomic E-state index is 5.03. The van der Waals surface area contributed by atoms with E-state index in [0.29, 0.717) is 11.9 Å². The first-order valence-electron chi connectivity index (χ1n) is 5.50.